The van der Waals surface area contributed by atoms with Crippen molar-refractivity contribution in [3.63, 3.8) is 0 Å². The number of carboxylic acid groups (broad SMARTS) is 2. The fourth-order valence-electron chi connectivity index (χ4n) is 1.79. The Morgan fingerprint density at radius 3 is 1.89 bits per heavy atom. The lowest BCUT2D eigenvalue weighted by Gasteiger charge is -2.21. The van der Waals surface area contributed by atoms with E-state index in [1.54, 1.807) is 0 Å². The van der Waals surface area contributed by atoms with Crippen molar-refractivity contribution in [3.05, 3.63) is 0 Å². The molecule has 0 unspecified atom stereocenters. The van der Waals surface area contributed by atoms with E-state index in [9.17, 15) is 26.3 Å². The molecule has 0 aliphatic carbocycles. The normalized spacial score (nSPS) is 18.5. The number of rotatable bonds is 3. The highest BCUT2D eigenvalue weighted by atomic mass is 19.4. The van der Waals surface area contributed by atoms with Crippen LogP contribution in [0.2, 0.25) is 0 Å². The third-order valence-electron chi connectivity index (χ3n) is 3.28. The molecular formula is C14H25F6N3O4. The number of halogens is 6. The van der Waals surface area contributed by atoms with Gasteiger partial charge in [-0.1, -0.05) is 0 Å². The third kappa shape index (κ3) is 17.6. The van der Waals surface area contributed by atoms with Crippen LogP contribution in [0, 0.1) is 0 Å². The van der Waals surface area contributed by atoms with Gasteiger partial charge < -0.3 is 30.5 Å². The molecule has 1 aliphatic rings. The van der Waals surface area contributed by atoms with Crippen LogP contribution in [0.25, 0.3) is 0 Å². The fraction of sp³-hybridized carbons (Fsp3) is 0.857. The van der Waals surface area contributed by atoms with Gasteiger partial charge in [0.15, 0.2) is 0 Å². The zero-order valence-corrected chi connectivity index (χ0v) is 15.1. The first kappa shape index (κ1) is 27.6. The van der Waals surface area contributed by atoms with Crippen LogP contribution in [0.4, 0.5) is 26.3 Å². The highest BCUT2D eigenvalue weighted by Crippen LogP contribution is 2.13. The van der Waals surface area contributed by atoms with E-state index in [0.29, 0.717) is 6.04 Å². The summed E-state index contributed by atoms with van der Waals surface area (Å²) in [6.07, 6.45) is -6.34. The molecule has 162 valence electrons. The average molecular weight is 413 g/mol. The molecule has 1 saturated heterocycles. The minimum Gasteiger partial charge on any atom is -0.542 e. The van der Waals surface area contributed by atoms with Crippen LogP contribution in [-0.4, -0.2) is 85.5 Å². The molecule has 7 nitrogen and oxygen atoms in total. The van der Waals surface area contributed by atoms with Crippen molar-refractivity contribution < 1.29 is 51.9 Å². The molecule has 0 saturated carbocycles. The quantitative estimate of drug-likeness (QED) is 0.608. The molecule has 27 heavy (non-hydrogen) atoms. The van der Waals surface area contributed by atoms with Crippen LogP contribution in [0.1, 0.15) is 19.3 Å². The summed E-state index contributed by atoms with van der Waals surface area (Å²) >= 11 is 0. The smallest absolute Gasteiger partial charge is 0.490 e. The van der Waals surface area contributed by atoms with Gasteiger partial charge in [0.05, 0.1) is 6.04 Å². The van der Waals surface area contributed by atoms with Crippen LogP contribution in [-0.2, 0) is 9.59 Å². The molecule has 4 N–H and O–H groups in total. The van der Waals surface area contributed by atoms with Gasteiger partial charge in [-0.15, -0.1) is 0 Å². The van der Waals surface area contributed by atoms with Crippen LogP contribution in [0.3, 0.4) is 0 Å². The molecule has 1 atom stereocenters. The van der Waals surface area contributed by atoms with E-state index < -0.39 is 24.3 Å². The number of hydrogen-bond donors (Lipinski definition) is 2. The first-order valence-electron chi connectivity index (χ1n) is 7.85. The summed E-state index contributed by atoms with van der Waals surface area (Å²) in [6.45, 7) is 4.93. The number of likely N-dealkylation sites (tertiary alicyclic amines) is 1. The molecule has 13 heteroatoms. The monoisotopic (exact) mass is 413 g/mol. The molecule has 0 aromatic rings. The van der Waals surface area contributed by atoms with Crippen LogP contribution >= 0.6 is 0 Å². The third-order valence-corrected chi connectivity index (χ3v) is 3.28. The van der Waals surface area contributed by atoms with Gasteiger partial charge in [-0.25, -0.2) is 4.79 Å². The van der Waals surface area contributed by atoms with E-state index >= 15 is 0 Å². The van der Waals surface area contributed by atoms with Gasteiger partial charge in [0.25, 0.3) is 0 Å². The Balaban J connectivity index is 0. The summed E-state index contributed by atoms with van der Waals surface area (Å²) in [5.41, 5.74) is 4.15. The number of quaternary nitrogens is 1. The van der Waals surface area contributed by atoms with Crippen LogP contribution < -0.4 is 10.8 Å². The van der Waals surface area contributed by atoms with E-state index in [-0.39, 0.29) is 0 Å². The molecule has 1 fully saturated rings. The number of alkyl halides is 6. The van der Waals surface area contributed by atoms with Crippen molar-refractivity contribution in [2.45, 2.75) is 37.7 Å². The summed E-state index contributed by atoms with van der Waals surface area (Å²) < 4.78 is 63.3. The number of carboxylic acids is 2. The Bertz CT molecular complexity index is 420. The van der Waals surface area contributed by atoms with Gasteiger partial charge in [0.1, 0.15) is 5.97 Å². The van der Waals surface area contributed by atoms with Gasteiger partial charge in [-0.05, 0) is 27.1 Å². The van der Waals surface area contributed by atoms with E-state index in [2.05, 4.69) is 29.6 Å². The van der Waals surface area contributed by atoms with Crippen molar-refractivity contribution in [1.82, 2.24) is 9.80 Å². The second kappa shape index (κ2) is 12.7. The van der Waals surface area contributed by atoms with Gasteiger partial charge in [-0.2, -0.15) is 26.3 Å². The lowest BCUT2D eigenvalue weighted by atomic mass is 10.1. The number of nitrogens with zero attached hydrogens (tertiary/aromatic N) is 2. The molecule has 0 amide bonds. The minimum absolute atomic E-state index is 0.698. The van der Waals surface area contributed by atoms with Gasteiger partial charge in [-0.3, -0.25) is 0 Å². The van der Waals surface area contributed by atoms with Crippen molar-refractivity contribution in [2.24, 2.45) is 0 Å². The maximum absolute atomic E-state index is 10.6. The lowest BCUT2D eigenvalue weighted by molar-refractivity contribution is -0.421. The first-order valence-corrected chi connectivity index (χ1v) is 7.85. The van der Waals surface area contributed by atoms with E-state index in [1.807, 2.05) is 0 Å². The van der Waals surface area contributed by atoms with E-state index in [1.165, 1.54) is 45.4 Å². The molecule has 0 aromatic carbocycles. The largest absolute Gasteiger partial charge is 0.542 e. The number of hydrogen-bond acceptors (Lipinski definition) is 5. The Labute approximate surface area is 152 Å². The summed E-state index contributed by atoms with van der Waals surface area (Å²) in [4.78, 5) is 22.5. The zero-order chi connectivity index (χ0) is 21.8. The summed E-state index contributed by atoms with van der Waals surface area (Å²) in [5.74, 6) is -5.76. The highest BCUT2D eigenvalue weighted by Gasteiger charge is 2.38. The maximum Gasteiger partial charge on any atom is 0.490 e. The predicted octanol–water partition coefficient (Wildman–Crippen LogP) is -0.424. The highest BCUT2D eigenvalue weighted by molar-refractivity contribution is 5.73. The number of carbonyl (C=O) groups excluding carboxylic acids is 1. The Kier molecular flexibility index (Phi) is 13.0. The predicted molar refractivity (Wildman–Crippen MR) is 80.3 cm³/mol. The molecule has 0 spiro atoms. The van der Waals surface area contributed by atoms with E-state index in [4.69, 9.17) is 19.8 Å². The van der Waals surface area contributed by atoms with Crippen LogP contribution in [0.5, 0.6) is 0 Å². The molecule has 0 bridgehead atoms. The van der Waals surface area contributed by atoms with Crippen molar-refractivity contribution in [2.75, 3.05) is 40.3 Å². The van der Waals surface area contributed by atoms with Gasteiger partial charge in [0, 0.05) is 32.5 Å². The SMILES string of the molecule is CN(C)CCN1CCC[C@H]([NH3+])CC1.O=C(O)C(F)(F)F.O=C([O-])C(F)(F)F. The van der Waals surface area contributed by atoms with Gasteiger partial charge >= 0.3 is 18.3 Å². The Morgan fingerprint density at radius 1 is 1.11 bits per heavy atom. The summed E-state index contributed by atoms with van der Waals surface area (Å²) in [7, 11) is 4.28. The number of carbonyl (C=O) groups is 2. The molecule has 0 radical (unpaired) electrons. The topological polar surface area (TPSA) is 112 Å². The fourth-order valence-corrected chi connectivity index (χ4v) is 1.79. The summed E-state index contributed by atoms with van der Waals surface area (Å²) in [6, 6.07) is 0.698. The first-order chi connectivity index (χ1) is 12.1. The Morgan fingerprint density at radius 2 is 1.56 bits per heavy atom. The lowest BCUT2D eigenvalue weighted by Crippen LogP contribution is -2.60. The zero-order valence-electron chi connectivity index (χ0n) is 15.1. The second-order valence-corrected chi connectivity index (χ2v) is 6.03. The maximum atomic E-state index is 10.6. The van der Waals surface area contributed by atoms with Crippen molar-refractivity contribution >= 4 is 11.9 Å². The second-order valence-electron chi connectivity index (χ2n) is 6.03. The number of aliphatic carboxylic acids is 2. The van der Waals surface area contributed by atoms with Crippen molar-refractivity contribution in [1.29, 1.82) is 0 Å². The number of likely N-dealkylation sites (N-methyl/N-ethyl adjacent to an activating group) is 1. The van der Waals surface area contributed by atoms with Crippen LogP contribution in [0.15, 0.2) is 0 Å². The average Bonchev–Trinajstić information content (AvgIpc) is 2.69. The summed E-state index contributed by atoms with van der Waals surface area (Å²) in [5, 5.41) is 15.9. The minimum atomic E-state index is -5.19. The molecule has 0 aromatic heterocycles. The van der Waals surface area contributed by atoms with Crippen molar-refractivity contribution in [3.8, 4) is 0 Å². The molecule has 1 aliphatic heterocycles. The van der Waals surface area contributed by atoms with E-state index in [0.717, 1.165) is 0 Å². The standard InChI is InChI=1S/C10H23N3.2C2HF3O2/c1-12(2)8-9-13-6-3-4-10(11)5-7-13;2*3-2(4,5)1(6)7/h10H,3-9,11H2,1-2H3;2*(H,6,7)/t10-;;/m0../s1. The Hall–Kier alpha value is -1.60. The molecular weight excluding hydrogens is 388 g/mol. The molecule has 1 rings (SSSR count). The van der Waals surface area contributed by atoms with Gasteiger partial charge in [0.2, 0.25) is 0 Å². The molecule has 1 heterocycles.